The van der Waals surface area contributed by atoms with Gasteiger partial charge in [0.05, 0.1) is 11.9 Å². The first-order valence-electron chi connectivity index (χ1n) is 8.44. The number of phenolic OH excluding ortho intramolecular Hbond substituents is 1. The van der Waals surface area contributed by atoms with Gasteiger partial charge in [0.15, 0.2) is 17.2 Å². The lowest BCUT2D eigenvalue weighted by atomic mass is 10.1. The summed E-state index contributed by atoms with van der Waals surface area (Å²) >= 11 is 0. The first kappa shape index (κ1) is 16.5. The van der Waals surface area contributed by atoms with Crippen molar-refractivity contribution in [1.29, 1.82) is 0 Å². The van der Waals surface area contributed by atoms with E-state index in [4.69, 9.17) is 4.52 Å². The van der Waals surface area contributed by atoms with E-state index in [-0.39, 0.29) is 17.3 Å². The molecule has 1 fully saturated rings. The molecule has 0 unspecified atom stereocenters. The smallest absolute Gasteiger partial charge is 0.180 e. The summed E-state index contributed by atoms with van der Waals surface area (Å²) in [7, 11) is 0. The number of aromatic hydroxyl groups is 1. The number of anilines is 1. The fourth-order valence-electron chi connectivity index (χ4n) is 3.19. The van der Waals surface area contributed by atoms with Gasteiger partial charge in [0.2, 0.25) is 0 Å². The number of Topliss-reactive ketones (excluding diaryl/α,β-unsaturated/α-hetero) is 1. The molecule has 0 spiro atoms. The highest BCUT2D eigenvalue weighted by Crippen LogP contribution is 2.29. The molecular formula is C19H18FN3O3. The number of hydrogen-bond donors (Lipinski definition) is 1. The summed E-state index contributed by atoms with van der Waals surface area (Å²) in [6.45, 7) is 3.20. The molecule has 0 atom stereocenters. The van der Waals surface area contributed by atoms with E-state index < -0.39 is 0 Å². The number of halogens is 1. The highest BCUT2D eigenvalue weighted by Gasteiger charge is 2.23. The van der Waals surface area contributed by atoms with Gasteiger partial charge < -0.3 is 14.5 Å². The monoisotopic (exact) mass is 355 g/mol. The van der Waals surface area contributed by atoms with Crippen molar-refractivity contribution in [3.05, 3.63) is 53.8 Å². The summed E-state index contributed by atoms with van der Waals surface area (Å²) in [5.74, 6) is 0.540. The molecule has 4 rings (SSSR count). The number of aromatic nitrogens is 1. The molecule has 1 saturated heterocycles. The number of nitrogens with zero attached hydrogens (tertiary/aromatic N) is 3. The lowest BCUT2D eigenvalue weighted by Gasteiger charge is -2.34. The number of carbonyl (C=O) groups excluding carboxylic acids is 1. The van der Waals surface area contributed by atoms with Crippen molar-refractivity contribution < 1.29 is 18.8 Å². The van der Waals surface area contributed by atoms with E-state index in [1.165, 1.54) is 24.3 Å². The van der Waals surface area contributed by atoms with Crippen molar-refractivity contribution in [1.82, 2.24) is 10.1 Å². The van der Waals surface area contributed by atoms with Crippen LogP contribution in [0.15, 0.2) is 47.0 Å². The first-order chi connectivity index (χ1) is 12.6. The van der Waals surface area contributed by atoms with E-state index in [0.29, 0.717) is 17.7 Å². The van der Waals surface area contributed by atoms with Crippen LogP contribution in [0.4, 0.5) is 10.2 Å². The van der Waals surface area contributed by atoms with Gasteiger partial charge >= 0.3 is 0 Å². The molecule has 6 nitrogen and oxygen atoms in total. The maximum absolute atomic E-state index is 13.0. The Morgan fingerprint density at radius 2 is 1.85 bits per heavy atom. The number of hydrogen-bond acceptors (Lipinski definition) is 6. The van der Waals surface area contributed by atoms with Gasteiger partial charge in [0.1, 0.15) is 11.6 Å². The zero-order valence-electron chi connectivity index (χ0n) is 14.1. The van der Waals surface area contributed by atoms with Gasteiger partial charge in [-0.3, -0.25) is 9.69 Å². The SMILES string of the molecule is O=C(CN1CCN(c2noc3cc(O)ccc23)CC1)c1ccc(F)cc1. The Labute approximate surface area is 149 Å². The molecule has 7 heteroatoms. The predicted molar refractivity (Wildman–Crippen MR) is 95.1 cm³/mol. The molecule has 2 aromatic carbocycles. The number of piperazine rings is 1. The third kappa shape index (κ3) is 3.25. The van der Waals surface area contributed by atoms with Crippen molar-refractivity contribution in [2.75, 3.05) is 37.6 Å². The van der Waals surface area contributed by atoms with Crippen LogP contribution in [0.2, 0.25) is 0 Å². The normalized spacial score (nSPS) is 15.5. The van der Waals surface area contributed by atoms with Crippen molar-refractivity contribution in [3.63, 3.8) is 0 Å². The van der Waals surface area contributed by atoms with Crippen LogP contribution in [0, 0.1) is 5.82 Å². The second-order valence-corrected chi connectivity index (χ2v) is 6.38. The Morgan fingerprint density at radius 3 is 2.58 bits per heavy atom. The largest absolute Gasteiger partial charge is 0.508 e. The molecule has 0 amide bonds. The summed E-state index contributed by atoms with van der Waals surface area (Å²) in [4.78, 5) is 16.5. The second kappa shape index (κ2) is 6.76. The second-order valence-electron chi connectivity index (χ2n) is 6.38. The van der Waals surface area contributed by atoms with Crippen LogP contribution in [0.5, 0.6) is 5.75 Å². The number of carbonyl (C=O) groups is 1. The van der Waals surface area contributed by atoms with Crippen LogP contribution in [-0.2, 0) is 0 Å². The predicted octanol–water partition coefficient (Wildman–Crippen LogP) is 2.68. The number of benzene rings is 2. The van der Waals surface area contributed by atoms with Crippen molar-refractivity contribution in [2.45, 2.75) is 0 Å². The molecule has 3 aromatic rings. The zero-order chi connectivity index (χ0) is 18.1. The lowest BCUT2D eigenvalue weighted by Crippen LogP contribution is -2.48. The molecule has 134 valence electrons. The quantitative estimate of drug-likeness (QED) is 0.726. The minimum absolute atomic E-state index is 0.0131. The molecule has 1 aliphatic heterocycles. The molecule has 2 heterocycles. The maximum Gasteiger partial charge on any atom is 0.180 e. The molecule has 0 bridgehead atoms. The van der Waals surface area contributed by atoms with Crippen molar-refractivity contribution in [3.8, 4) is 5.75 Å². The summed E-state index contributed by atoms with van der Waals surface area (Å²) in [6, 6.07) is 10.6. The Hall–Kier alpha value is -2.93. The number of phenols is 1. The van der Waals surface area contributed by atoms with Crippen LogP contribution in [0.25, 0.3) is 11.0 Å². The lowest BCUT2D eigenvalue weighted by molar-refractivity contribution is 0.0926. The topological polar surface area (TPSA) is 69.8 Å². The third-order valence-corrected chi connectivity index (χ3v) is 4.64. The number of ketones is 1. The number of fused-ring (bicyclic) bond motifs is 1. The Bertz CT molecular complexity index is 931. The number of rotatable bonds is 4. The van der Waals surface area contributed by atoms with Gasteiger partial charge in [-0.1, -0.05) is 5.16 Å². The molecule has 1 aliphatic rings. The van der Waals surface area contributed by atoms with E-state index in [1.54, 1.807) is 18.2 Å². The van der Waals surface area contributed by atoms with Crippen LogP contribution in [0.1, 0.15) is 10.4 Å². The molecule has 0 aliphatic carbocycles. The van der Waals surface area contributed by atoms with Gasteiger partial charge in [0, 0.05) is 37.8 Å². The minimum atomic E-state index is -0.344. The van der Waals surface area contributed by atoms with E-state index in [1.807, 2.05) is 0 Å². The van der Waals surface area contributed by atoms with Gasteiger partial charge in [-0.2, -0.15) is 0 Å². The minimum Gasteiger partial charge on any atom is -0.508 e. The molecule has 1 N–H and O–H groups in total. The zero-order valence-corrected chi connectivity index (χ0v) is 14.1. The van der Waals surface area contributed by atoms with Crippen molar-refractivity contribution >= 4 is 22.6 Å². The first-order valence-corrected chi connectivity index (χ1v) is 8.44. The Kier molecular flexibility index (Phi) is 4.30. The van der Waals surface area contributed by atoms with Crippen molar-refractivity contribution in [2.24, 2.45) is 0 Å². The summed E-state index contributed by atoms with van der Waals surface area (Å²) in [5.41, 5.74) is 1.07. The standard InChI is InChI=1S/C19H18FN3O3/c20-14-3-1-13(2-4-14)17(25)12-22-7-9-23(10-8-22)19-16-6-5-15(24)11-18(16)26-21-19/h1-6,11,24H,7-10,12H2. The highest BCUT2D eigenvalue weighted by molar-refractivity contribution is 5.97. The fourth-order valence-corrected chi connectivity index (χ4v) is 3.19. The van der Waals surface area contributed by atoms with Crippen LogP contribution in [0.3, 0.4) is 0 Å². The molecular weight excluding hydrogens is 337 g/mol. The molecule has 0 saturated carbocycles. The summed E-state index contributed by atoms with van der Waals surface area (Å²) in [5, 5.41) is 14.5. The van der Waals surface area contributed by atoms with Gasteiger partial charge in [-0.25, -0.2) is 4.39 Å². The van der Waals surface area contributed by atoms with E-state index in [0.717, 1.165) is 37.4 Å². The highest BCUT2D eigenvalue weighted by atomic mass is 19.1. The maximum atomic E-state index is 13.0. The van der Waals surface area contributed by atoms with E-state index >= 15 is 0 Å². The average molecular weight is 355 g/mol. The third-order valence-electron chi connectivity index (χ3n) is 4.64. The molecule has 26 heavy (non-hydrogen) atoms. The van der Waals surface area contributed by atoms with Gasteiger partial charge in [0.25, 0.3) is 0 Å². The summed E-state index contributed by atoms with van der Waals surface area (Å²) in [6.07, 6.45) is 0. The van der Waals surface area contributed by atoms with Crippen LogP contribution >= 0.6 is 0 Å². The van der Waals surface area contributed by atoms with Crippen LogP contribution in [-0.4, -0.2) is 53.7 Å². The Balaban J connectivity index is 1.39. The fraction of sp³-hybridized carbons (Fsp3) is 0.263. The van der Waals surface area contributed by atoms with Gasteiger partial charge in [-0.05, 0) is 36.4 Å². The van der Waals surface area contributed by atoms with E-state index in [2.05, 4.69) is 15.0 Å². The van der Waals surface area contributed by atoms with E-state index in [9.17, 15) is 14.3 Å². The average Bonchev–Trinajstić information content (AvgIpc) is 3.06. The Morgan fingerprint density at radius 1 is 1.12 bits per heavy atom. The summed E-state index contributed by atoms with van der Waals surface area (Å²) < 4.78 is 18.3. The molecule has 0 radical (unpaired) electrons. The molecule has 1 aromatic heterocycles. The van der Waals surface area contributed by atoms with Gasteiger partial charge in [-0.15, -0.1) is 0 Å². The van der Waals surface area contributed by atoms with Crippen LogP contribution < -0.4 is 4.90 Å².